The molecule has 0 saturated carbocycles. The van der Waals surface area contributed by atoms with Crippen LogP contribution in [0.1, 0.15) is 25.0 Å². The Kier molecular flexibility index (Phi) is 5.24. The maximum Gasteiger partial charge on any atom is 0.160 e. The second-order valence-corrected chi connectivity index (χ2v) is 12.2. The molecule has 0 aliphatic heterocycles. The third kappa shape index (κ3) is 3.44. The number of hydrogen-bond acceptors (Lipinski definition) is 2. The molecule has 0 saturated heterocycles. The van der Waals surface area contributed by atoms with E-state index in [0.29, 0.717) is 0 Å². The van der Waals surface area contributed by atoms with E-state index in [1.807, 2.05) is 18.2 Å². The quantitative estimate of drug-likeness (QED) is 0.200. The van der Waals surface area contributed by atoms with Gasteiger partial charge in [-0.3, -0.25) is 0 Å². The first-order chi connectivity index (χ1) is 21.6. The number of aromatic nitrogens is 3. The van der Waals surface area contributed by atoms with Crippen molar-refractivity contribution in [3.05, 3.63) is 151 Å². The summed E-state index contributed by atoms with van der Waals surface area (Å²) in [6.45, 7) is 4.72. The maximum absolute atomic E-state index is 5.26. The fourth-order valence-corrected chi connectivity index (χ4v) is 7.40. The highest BCUT2D eigenvalue weighted by atomic mass is 15.0. The molecule has 0 unspecified atom stereocenters. The van der Waals surface area contributed by atoms with Crippen molar-refractivity contribution in [1.29, 1.82) is 0 Å². The van der Waals surface area contributed by atoms with E-state index in [4.69, 9.17) is 9.97 Å². The largest absolute Gasteiger partial charge is 0.308 e. The summed E-state index contributed by atoms with van der Waals surface area (Å²) in [5.41, 5.74) is 11.6. The van der Waals surface area contributed by atoms with Crippen LogP contribution in [-0.4, -0.2) is 14.5 Å². The smallest absolute Gasteiger partial charge is 0.160 e. The first-order valence-corrected chi connectivity index (χ1v) is 15.2. The van der Waals surface area contributed by atoms with Crippen LogP contribution in [0.3, 0.4) is 0 Å². The second-order valence-electron chi connectivity index (χ2n) is 12.2. The van der Waals surface area contributed by atoms with Gasteiger partial charge in [0.1, 0.15) is 0 Å². The van der Waals surface area contributed by atoms with Crippen LogP contribution in [0.5, 0.6) is 0 Å². The minimum Gasteiger partial charge on any atom is -0.308 e. The number of nitrogens with zero attached hydrogens (tertiary/aromatic N) is 3. The van der Waals surface area contributed by atoms with E-state index in [-0.39, 0.29) is 5.41 Å². The maximum atomic E-state index is 5.26. The van der Waals surface area contributed by atoms with Gasteiger partial charge in [-0.25, -0.2) is 9.97 Å². The molecule has 0 bridgehead atoms. The zero-order valence-corrected chi connectivity index (χ0v) is 24.6. The van der Waals surface area contributed by atoms with E-state index in [2.05, 4.69) is 140 Å². The average Bonchev–Trinajstić information content (AvgIpc) is 3.55. The van der Waals surface area contributed by atoms with Gasteiger partial charge in [0.25, 0.3) is 0 Å². The molecular formula is C41H29N3. The van der Waals surface area contributed by atoms with Crippen LogP contribution in [0, 0.1) is 0 Å². The molecule has 0 spiro atoms. The third-order valence-electron chi connectivity index (χ3n) is 9.36. The van der Waals surface area contributed by atoms with Crippen molar-refractivity contribution >= 4 is 32.6 Å². The van der Waals surface area contributed by atoms with Crippen molar-refractivity contribution in [3.63, 3.8) is 0 Å². The molecule has 6 aromatic carbocycles. The van der Waals surface area contributed by atoms with Crippen LogP contribution >= 0.6 is 0 Å². The molecule has 208 valence electrons. The SMILES string of the molecule is CC1(C)c2ccccc2-c2c1c1ccccc1n2-c1cc2c(-c3ccccc3)nc(-c3ccccc3)nc2c2ccccc12. The molecule has 8 aromatic rings. The van der Waals surface area contributed by atoms with Gasteiger partial charge in [-0.05, 0) is 23.3 Å². The average molecular weight is 564 g/mol. The van der Waals surface area contributed by atoms with E-state index in [9.17, 15) is 0 Å². The van der Waals surface area contributed by atoms with Gasteiger partial charge in [0.2, 0.25) is 0 Å². The third-order valence-corrected chi connectivity index (χ3v) is 9.36. The zero-order valence-electron chi connectivity index (χ0n) is 24.6. The Balaban J connectivity index is 1.46. The molecule has 1 aliphatic carbocycles. The molecule has 0 fully saturated rings. The minimum absolute atomic E-state index is 0.119. The van der Waals surface area contributed by atoms with E-state index in [0.717, 1.165) is 44.6 Å². The predicted octanol–water partition coefficient (Wildman–Crippen LogP) is 10.4. The van der Waals surface area contributed by atoms with E-state index in [1.165, 1.54) is 38.7 Å². The lowest BCUT2D eigenvalue weighted by atomic mass is 9.81. The van der Waals surface area contributed by atoms with Crippen LogP contribution in [0.15, 0.2) is 140 Å². The summed E-state index contributed by atoms with van der Waals surface area (Å²) in [7, 11) is 0. The van der Waals surface area contributed by atoms with Gasteiger partial charge in [-0.1, -0.05) is 141 Å². The Morgan fingerprint density at radius 1 is 0.545 bits per heavy atom. The Labute approximate surface area is 256 Å². The lowest BCUT2D eigenvalue weighted by Crippen LogP contribution is -2.14. The molecule has 0 amide bonds. The summed E-state index contributed by atoms with van der Waals surface area (Å²) in [5.74, 6) is 0.734. The van der Waals surface area contributed by atoms with Crippen molar-refractivity contribution in [2.45, 2.75) is 19.3 Å². The van der Waals surface area contributed by atoms with Crippen molar-refractivity contribution in [2.75, 3.05) is 0 Å². The standard InChI is InChI=1S/C41H29N3/c1-41(2)33-23-13-11-21-30(33)39-36(41)31-22-12-14-24-34(31)44(39)35-25-32-37(26-15-5-3-6-16-26)42-40(27-17-7-4-8-18-27)43-38(32)29-20-10-9-19-28(29)35/h3-25H,1-2H3. The highest BCUT2D eigenvalue weighted by Crippen LogP contribution is 2.54. The molecule has 44 heavy (non-hydrogen) atoms. The summed E-state index contributed by atoms with van der Waals surface area (Å²) < 4.78 is 2.50. The second kappa shape index (κ2) is 9.23. The fraction of sp³-hybridized carbons (Fsp3) is 0.0732. The van der Waals surface area contributed by atoms with Crippen LogP contribution in [-0.2, 0) is 5.41 Å². The Hall–Kier alpha value is -5.54. The molecule has 9 rings (SSSR count). The van der Waals surface area contributed by atoms with Gasteiger partial charge in [0.05, 0.1) is 28.1 Å². The molecule has 3 nitrogen and oxygen atoms in total. The van der Waals surface area contributed by atoms with Crippen molar-refractivity contribution < 1.29 is 0 Å². The van der Waals surface area contributed by atoms with Gasteiger partial charge in [0.15, 0.2) is 5.82 Å². The topological polar surface area (TPSA) is 30.7 Å². The normalized spacial score (nSPS) is 13.4. The monoisotopic (exact) mass is 563 g/mol. The summed E-state index contributed by atoms with van der Waals surface area (Å²) in [4.78, 5) is 10.5. The van der Waals surface area contributed by atoms with Crippen LogP contribution in [0.2, 0.25) is 0 Å². The molecular weight excluding hydrogens is 534 g/mol. The minimum atomic E-state index is -0.119. The Morgan fingerprint density at radius 2 is 1.16 bits per heavy atom. The highest BCUT2D eigenvalue weighted by molar-refractivity contribution is 6.14. The Bertz CT molecular complexity index is 2400. The van der Waals surface area contributed by atoms with Crippen LogP contribution in [0.25, 0.3) is 72.2 Å². The molecule has 2 heterocycles. The van der Waals surface area contributed by atoms with Crippen molar-refractivity contribution in [1.82, 2.24) is 14.5 Å². The first-order valence-electron chi connectivity index (χ1n) is 15.2. The van der Waals surface area contributed by atoms with Gasteiger partial charge in [-0.15, -0.1) is 0 Å². The molecule has 0 atom stereocenters. The molecule has 2 aromatic heterocycles. The number of hydrogen-bond donors (Lipinski definition) is 0. The summed E-state index contributed by atoms with van der Waals surface area (Å²) in [5, 5.41) is 4.63. The van der Waals surface area contributed by atoms with Gasteiger partial charge in [0, 0.05) is 43.7 Å². The number of para-hydroxylation sites is 1. The lowest BCUT2D eigenvalue weighted by molar-refractivity contribution is 0.666. The zero-order chi connectivity index (χ0) is 29.4. The number of rotatable bonds is 3. The highest BCUT2D eigenvalue weighted by Gasteiger charge is 2.40. The number of fused-ring (bicyclic) bond motifs is 8. The summed E-state index contributed by atoms with van der Waals surface area (Å²) in [6.07, 6.45) is 0. The first kappa shape index (κ1) is 25.0. The van der Waals surface area contributed by atoms with Crippen molar-refractivity contribution in [2.24, 2.45) is 0 Å². The van der Waals surface area contributed by atoms with E-state index < -0.39 is 0 Å². The van der Waals surface area contributed by atoms with Gasteiger partial charge < -0.3 is 4.57 Å². The van der Waals surface area contributed by atoms with Crippen LogP contribution < -0.4 is 0 Å². The Morgan fingerprint density at radius 3 is 1.93 bits per heavy atom. The summed E-state index contributed by atoms with van der Waals surface area (Å²) >= 11 is 0. The van der Waals surface area contributed by atoms with Gasteiger partial charge >= 0.3 is 0 Å². The molecule has 0 radical (unpaired) electrons. The van der Waals surface area contributed by atoms with E-state index in [1.54, 1.807) is 0 Å². The van der Waals surface area contributed by atoms with E-state index >= 15 is 0 Å². The fourth-order valence-electron chi connectivity index (χ4n) is 7.40. The lowest BCUT2D eigenvalue weighted by Gasteiger charge is -2.21. The van der Waals surface area contributed by atoms with Crippen LogP contribution in [0.4, 0.5) is 0 Å². The number of benzene rings is 6. The predicted molar refractivity (Wildman–Crippen MR) is 182 cm³/mol. The molecule has 3 heteroatoms. The van der Waals surface area contributed by atoms with Gasteiger partial charge in [-0.2, -0.15) is 0 Å². The summed E-state index contributed by atoms with van der Waals surface area (Å²) in [6, 6.07) is 49.6. The molecule has 1 aliphatic rings. The molecule has 0 N–H and O–H groups in total. The van der Waals surface area contributed by atoms with Crippen molar-refractivity contribution in [3.8, 4) is 39.6 Å².